The van der Waals surface area contributed by atoms with Gasteiger partial charge in [0.1, 0.15) is 11.6 Å². The van der Waals surface area contributed by atoms with Crippen molar-refractivity contribution < 1.29 is 4.39 Å². The number of benzene rings is 1. The number of nitrogens with zero attached hydrogens (tertiary/aromatic N) is 2. The molecule has 102 valence electrons. The summed E-state index contributed by atoms with van der Waals surface area (Å²) in [7, 11) is 1.77. The molecular formula is C14H12FN3OS. The predicted octanol–water partition coefficient (Wildman–Crippen LogP) is 2.75. The maximum atomic E-state index is 12.7. The smallest absolute Gasteiger partial charge is 0.307 e. The first-order valence-corrected chi connectivity index (χ1v) is 6.89. The lowest BCUT2D eigenvalue weighted by Crippen LogP contribution is -2.06. The number of fused-ring (bicyclic) bond motifs is 1. The third-order valence-electron chi connectivity index (χ3n) is 3.06. The summed E-state index contributed by atoms with van der Waals surface area (Å²) in [6.45, 7) is 0.574. The normalized spacial score (nSPS) is 10.9. The number of halogens is 1. The van der Waals surface area contributed by atoms with E-state index in [2.05, 4.69) is 10.3 Å². The van der Waals surface area contributed by atoms with Gasteiger partial charge < -0.3 is 9.88 Å². The molecule has 0 bridgehead atoms. The summed E-state index contributed by atoms with van der Waals surface area (Å²) in [5, 5.41) is 3.12. The fourth-order valence-electron chi connectivity index (χ4n) is 1.96. The molecule has 0 saturated heterocycles. The molecule has 0 atom stereocenters. The lowest BCUT2D eigenvalue weighted by atomic mass is 10.2. The van der Waals surface area contributed by atoms with E-state index in [9.17, 15) is 9.18 Å². The molecule has 3 aromatic rings. The van der Waals surface area contributed by atoms with E-state index in [0.29, 0.717) is 12.4 Å². The number of aryl methyl sites for hydroxylation is 1. The van der Waals surface area contributed by atoms with E-state index >= 15 is 0 Å². The van der Waals surface area contributed by atoms with Gasteiger partial charge in [0.05, 0.1) is 16.4 Å². The van der Waals surface area contributed by atoms with E-state index in [1.807, 2.05) is 18.2 Å². The summed E-state index contributed by atoms with van der Waals surface area (Å²) >= 11 is 1.23. The summed E-state index contributed by atoms with van der Waals surface area (Å²) in [5.41, 5.74) is 1.98. The molecule has 0 radical (unpaired) electrons. The summed E-state index contributed by atoms with van der Waals surface area (Å²) in [6.07, 6.45) is 1.18. The zero-order chi connectivity index (χ0) is 14.1. The Morgan fingerprint density at radius 3 is 2.95 bits per heavy atom. The molecule has 0 fully saturated rings. The van der Waals surface area contributed by atoms with Crippen LogP contribution in [0.3, 0.4) is 0 Å². The molecule has 2 heterocycles. The number of rotatable bonds is 3. The highest BCUT2D eigenvalue weighted by Gasteiger charge is 2.05. The minimum absolute atomic E-state index is 0.0327. The van der Waals surface area contributed by atoms with Crippen molar-refractivity contribution in [3.63, 3.8) is 0 Å². The second-order valence-corrected chi connectivity index (χ2v) is 5.44. The van der Waals surface area contributed by atoms with Gasteiger partial charge in [-0.2, -0.15) is 0 Å². The van der Waals surface area contributed by atoms with Gasteiger partial charge in [0.25, 0.3) is 0 Å². The van der Waals surface area contributed by atoms with Crippen LogP contribution >= 0.6 is 11.3 Å². The van der Waals surface area contributed by atoms with Crippen LogP contribution in [0.4, 0.5) is 10.2 Å². The molecule has 0 aliphatic heterocycles. The number of thiazole rings is 1. The Labute approximate surface area is 118 Å². The Bertz CT molecular complexity index is 807. The van der Waals surface area contributed by atoms with Crippen LogP contribution in [0.25, 0.3) is 10.2 Å². The predicted molar refractivity (Wildman–Crippen MR) is 78.6 cm³/mol. The lowest BCUT2D eigenvalue weighted by molar-refractivity contribution is 0.621. The quantitative estimate of drug-likeness (QED) is 0.806. The minimum Gasteiger partial charge on any atom is -0.366 e. The molecule has 4 nitrogen and oxygen atoms in total. The van der Waals surface area contributed by atoms with Gasteiger partial charge in [-0.1, -0.05) is 17.4 Å². The molecule has 1 N–H and O–H groups in total. The number of nitrogens with one attached hydrogen (secondary N) is 1. The Balaban J connectivity index is 1.81. The molecular weight excluding hydrogens is 277 g/mol. The molecule has 0 aliphatic rings. The molecule has 0 aliphatic carbocycles. The van der Waals surface area contributed by atoms with Gasteiger partial charge in [-0.25, -0.2) is 9.37 Å². The van der Waals surface area contributed by atoms with Gasteiger partial charge in [-0.3, -0.25) is 4.79 Å². The Hall–Kier alpha value is -2.21. The first-order valence-electron chi connectivity index (χ1n) is 6.07. The zero-order valence-corrected chi connectivity index (χ0v) is 11.6. The number of pyridine rings is 1. The number of anilines is 1. The number of hydrogen-bond acceptors (Lipinski definition) is 4. The van der Waals surface area contributed by atoms with Crippen molar-refractivity contribution in [3.8, 4) is 0 Å². The van der Waals surface area contributed by atoms with Crippen molar-refractivity contribution in [2.45, 2.75) is 6.54 Å². The van der Waals surface area contributed by atoms with Gasteiger partial charge in [0, 0.05) is 13.6 Å². The summed E-state index contributed by atoms with van der Waals surface area (Å²) < 4.78 is 15.3. The Kier molecular flexibility index (Phi) is 3.23. The number of hydrogen-bond donors (Lipinski definition) is 1. The average molecular weight is 289 g/mol. The van der Waals surface area contributed by atoms with Crippen LogP contribution in [0.2, 0.25) is 0 Å². The second-order valence-electron chi connectivity index (χ2n) is 4.44. The molecule has 0 spiro atoms. The van der Waals surface area contributed by atoms with Crippen molar-refractivity contribution in [1.82, 2.24) is 9.55 Å². The highest BCUT2D eigenvalue weighted by atomic mass is 32.1. The van der Waals surface area contributed by atoms with Crippen molar-refractivity contribution in [2.24, 2.45) is 7.05 Å². The Morgan fingerprint density at radius 1 is 1.35 bits per heavy atom. The van der Waals surface area contributed by atoms with Crippen LogP contribution in [0.1, 0.15) is 5.56 Å². The maximum absolute atomic E-state index is 12.7. The highest BCUT2D eigenvalue weighted by Crippen LogP contribution is 2.18. The van der Waals surface area contributed by atoms with E-state index in [-0.39, 0.29) is 10.7 Å². The van der Waals surface area contributed by atoms with Crippen molar-refractivity contribution in [3.05, 3.63) is 57.6 Å². The number of aromatic nitrogens is 2. The zero-order valence-electron chi connectivity index (χ0n) is 10.8. The van der Waals surface area contributed by atoms with Crippen molar-refractivity contribution >= 4 is 27.4 Å². The van der Waals surface area contributed by atoms with Gasteiger partial charge in [-0.05, 0) is 29.8 Å². The van der Waals surface area contributed by atoms with Crippen LogP contribution in [0.15, 0.2) is 41.3 Å². The first kappa shape index (κ1) is 12.8. The fourth-order valence-corrected chi connectivity index (χ4v) is 2.90. The molecule has 6 heteroatoms. The van der Waals surface area contributed by atoms with Crippen LogP contribution in [-0.2, 0) is 13.6 Å². The third kappa shape index (κ3) is 2.42. The fraction of sp³-hybridized carbons (Fsp3) is 0.143. The molecule has 1 aromatic carbocycles. The van der Waals surface area contributed by atoms with E-state index in [4.69, 9.17) is 0 Å². The summed E-state index contributed by atoms with van der Waals surface area (Å²) in [5.74, 6) is 0.263. The van der Waals surface area contributed by atoms with E-state index in [1.165, 1.54) is 23.6 Å². The van der Waals surface area contributed by atoms with Crippen molar-refractivity contribution in [2.75, 3.05) is 5.32 Å². The monoisotopic (exact) mass is 289 g/mol. The van der Waals surface area contributed by atoms with Gasteiger partial charge in [0.2, 0.25) is 0 Å². The van der Waals surface area contributed by atoms with Crippen LogP contribution in [0, 0.1) is 5.82 Å². The third-order valence-corrected chi connectivity index (χ3v) is 4.05. The molecule has 20 heavy (non-hydrogen) atoms. The molecule has 0 unspecified atom stereocenters. The summed E-state index contributed by atoms with van der Waals surface area (Å²) in [6, 6.07) is 8.83. The molecule has 3 rings (SSSR count). The van der Waals surface area contributed by atoms with E-state index in [1.54, 1.807) is 17.7 Å². The Morgan fingerprint density at radius 2 is 2.20 bits per heavy atom. The van der Waals surface area contributed by atoms with E-state index < -0.39 is 0 Å². The van der Waals surface area contributed by atoms with Crippen LogP contribution in [0.5, 0.6) is 0 Å². The maximum Gasteiger partial charge on any atom is 0.307 e. The SMILES string of the molecule is Cn1c(=O)sc2cc(CNc3ccc(F)cn3)ccc21. The molecule has 2 aromatic heterocycles. The summed E-state index contributed by atoms with van der Waals surface area (Å²) in [4.78, 5) is 15.6. The largest absolute Gasteiger partial charge is 0.366 e. The minimum atomic E-state index is -0.356. The second kappa shape index (κ2) is 5.05. The van der Waals surface area contributed by atoms with Gasteiger partial charge >= 0.3 is 4.87 Å². The van der Waals surface area contributed by atoms with Crippen LogP contribution in [-0.4, -0.2) is 9.55 Å². The lowest BCUT2D eigenvalue weighted by Gasteiger charge is -2.05. The topological polar surface area (TPSA) is 46.9 Å². The van der Waals surface area contributed by atoms with E-state index in [0.717, 1.165) is 15.8 Å². The van der Waals surface area contributed by atoms with Crippen molar-refractivity contribution in [1.29, 1.82) is 0 Å². The molecule has 0 saturated carbocycles. The average Bonchev–Trinajstić information content (AvgIpc) is 2.73. The highest BCUT2D eigenvalue weighted by molar-refractivity contribution is 7.16. The first-order chi connectivity index (χ1) is 9.63. The van der Waals surface area contributed by atoms with Gasteiger partial charge in [-0.15, -0.1) is 0 Å². The van der Waals surface area contributed by atoms with Gasteiger partial charge in [0.15, 0.2) is 0 Å². The van der Waals surface area contributed by atoms with Crippen LogP contribution < -0.4 is 10.2 Å². The molecule has 0 amide bonds. The standard InChI is InChI=1S/C14H12FN3OS/c1-18-11-4-2-9(6-12(11)20-14(18)19)7-16-13-5-3-10(15)8-17-13/h2-6,8H,7H2,1H3,(H,16,17).